The van der Waals surface area contributed by atoms with Crippen molar-refractivity contribution >= 4 is 65.5 Å². The van der Waals surface area contributed by atoms with Crippen LogP contribution < -0.4 is 11.1 Å². The first kappa shape index (κ1) is 28.3. The van der Waals surface area contributed by atoms with Gasteiger partial charge in [-0.2, -0.15) is 0 Å². The Balaban J connectivity index is 1.26. The van der Waals surface area contributed by atoms with E-state index in [2.05, 4.69) is 149 Å². The number of thiophene rings is 1. The van der Waals surface area contributed by atoms with Crippen molar-refractivity contribution < 1.29 is 0 Å². The molecule has 0 aliphatic heterocycles. The molecule has 1 aliphatic carbocycles. The normalized spacial score (nSPS) is 14.1. The highest BCUT2D eigenvalue weighted by Crippen LogP contribution is 2.54. The number of nitrogen functional groups attached to an aromatic ring is 1. The van der Waals surface area contributed by atoms with Crippen LogP contribution in [0.3, 0.4) is 0 Å². The summed E-state index contributed by atoms with van der Waals surface area (Å²) in [6.07, 6.45) is 0.991. The highest BCUT2D eigenvalue weighted by molar-refractivity contribution is 7.23. The Hall–Kier alpha value is -5.78. The molecule has 3 heterocycles. The van der Waals surface area contributed by atoms with Crippen molar-refractivity contribution in [1.29, 1.82) is 0 Å². The van der Waals surface area contributed by atoms with E-state index in [4.69, 9.17) is 5.73 Å². The molecule has 4 nitrogen and oxygen atoms in total. The fourth-order valence-electron chi connectivity index (χ4n) is 8.38. The van der Waals surface area contributed by atoms with Gasteiger partial charge in [-0.25, -0.2) is 0 Å². The second-order valence-corrected chi connectivity index (χ2v) is 14.3. The number of fused-ring (bicyclic) bond motifs is 10. The van der Waals surface area contributed by atoms with Crippen molar-refractivity contribution in [2.24, 2.45) is 0 Å². The van der Waals surface area contributed by atoms with Gasteiger partial charge in [0.15, 0.2) is 0 Å². The highest BCUT2D eigenvalue weighted by Gasteiger charge is 2.32. The van der Waals surface area contributed by atoms with Crippen LogP contribution in [0.15, 0.2) is 133 Å². The molecule has 0 saturated carbocycles. The molecule has 6 aromatic carbocycles. The van der Waals surface area contributed by atoms with E-state index in [0.717, 1.165) is 29.0 Å². The van der Waals surface area contributed by atoms with Crippen LogP contribution in [0.5, 0.6) is 0 Å². The number of hydrogen-bond acceptors (Lipinski definition) is 3. The lowest BCUT2D eigenvalue weighted by Crippen LogP contribution is -2.10. The van der Waals surface area contributed by atoms with Crippen LogP contribution in [0.1, 0.15) is 24.1 Å². The Labute approximate surface area is 288 Å². The van der Waals surface area contributed by atoms with E-state index in [1.54, 1.807) is 0 Å². The van der Waals surface area contributed by atoms with Crippen molar-refractivity contribution in [2.75, 3.05) is 18.1 Å². The van der Waals surface area contributed by atoms with Gasteiger partial charge >= 0.3 is 0 Å². The van der Waals surface area contributed by atoms with Crippen LogP contribution >= 0.6 is 11.3 Å². The summed E-state index contributed by atoms with van der Waals surface area (Å²) < 4.78 is 6.22. The van der Waals surface area contributed by atoms with E-state index in [9.17, 15) is 0 Å². The molecule has 0 fully saturated rings. The van der Waals surface area contributed by atoms with E-state index < -0.39 is 0 Å². The van der Waals surface area contributed by atoms with Gasteiger partial charge in [-0.15, -0.1) is 11.3 Å². The minimum absolute atomic E-state index is 0.378. The Kier molecular flexibility index (Phi) is 6.12. The van der Waals surface area contributed by atoms with Gasteiger partial charge in [0.2, 0.25) is 0 Å². The molecule has 1 aliphatic rings. The zero-order chi connectivity index (χ0) is 32.8. The van der Waals surface area contributed by atoms with E-state index in [-0.39, 0.29) is 0 Å². The zero-order valence-electron chi connectivity index (χ0n) is 27.4. The highest BCUT2D eigenvalue weighted by atomic mass is 32.1. The van der Waals surface area contributed by atoms with Crippen LogP contribution in [0.4, 0.5) is 11.4 Å². The number of anilines is 2. The second-order valence-electron chi connectivity index (χ2n) is 13.3. The largest absolute Gasteiger partial charge is 0.399 e. The predicted octanol–water partition coefficient (Wildman–Crippen LogP) is 11.6. The summed E-state index contributed by atoms with van der Waals surface area (Å²) in [5.74, 6) is 0.378. The van der Waals surface area contributed by atoms with Crippen molar-refractivity contribution in [3.8, 4) is 32.9 Å². The van der Waals surface area contributed by atoms with Gasteiger partial charge in [-0.05, 0) is 77.9 Å². The van der Waals surface area contributed by atoms with Crippen LogP contribution in [-0.2, 0) is 6.42 Å². The van der Waals surface area contributed by atoms with Gasteiger partial charge in [-0.3, -0.25) is 0 Å². The first-order chi connectivity index (χ1) is 24.1. The molecule has 1 unspecified atom stereocenters. The van der Waals surface area contributed by atoms with Gasteiger partial charge in [0.1, 0.15) is 0 Å². The number of hydrogen-bond donors (Lipinski definition) is 2. The summed E-state index contributed by atoms with van der Waals surface area (Å²) in [5.41, 5.74) is 21.0. The minimum Gasteiger partial charge on any atom is -0.399 e. The third-order valence-electron chi connectivity index (χ3n) is 10.5. The van der Waals surface area contributed by atoms with Crippen LogP contribution in [0, 0.1) is 0 Å². The summed E-state index contributed by atoms with van der Waals surface area (Å²) >= 11 is 1.95. The fourth-order valence-corrected chi connectivity index (χ4v) is 9.91. The molecule has 0 bridgehead atoms. The predicted molar refractivity (Wildman–Crippen MR) is 210 cm³/mol. The Morgan fingerprint density at radius 3 is 2.18 bits per heavy atom. The third-order valence-corrected chi connectivity index (χ3v) is 11.7. The SMILES string of the molecule is CNc1ccc2c(c1)c1ccccc1n2-c1cc(N)ccc1-c1cccc2c3c(sc12)-c1c(n(-c2ccccc2)c2ccccc12)CC3C. The number of nitrogens with two attached hydrogens (primary N) is 1. The summed E-state index contributed by atoms with van der Waals surface area (Å²) in [6, 6.07) is 48.4. The number of nitrogens with one attached hydrogen (secondary N) is 1. The van der Waals surface area contributed by atoms with E-state index in [1.165, 1.54) is 75.8 Å². The average Bonchev–Trinajstić information content (AvgIpc) is 3.80. The lowest BCUT2D eigenvalue weighted by molar-refractivity contribution is 0.728. The molecule has 236 valence electrons. The number of para-hydroxylation sites is 3. The summed E-state index contributed by atoms with van der Waals surface area (Å²) in [7, 11) is 1.97. The Bertz CT molecular complexity index is 2760. The van der Waals surface area contributed by atoms with Crippen molar-refractivity contribution in [2.45, 2.75) is 19.3 Å². The van der Waals surface area contributed by atoms with Gasteiger partial charge in [-0.1, -0.05) is 85.8 Å². The Morgan fingerprint density at radius 1 is 0.653 bits per heavy atom. The first-order valence-corrected chi connectivity index (χ1v) is 17.8. The molecule has 0 saturated heterocycles. The Morgan fingerprint density at radius 2 is 1.37 bits per heavy atom. The van der Waals surface area contributed by atoms with E-state index in [0.29, 0.717) is 5.92 Å². The summed E-state index contributed by atoms with van der Waals surface area (Å²) in [6.45, 7) is 2.40. The molecule has 49 heavy (non-hydrogen) atoms. The van der Waals surface area contributed by atoms with Gasteiger partial charge < -0.3 is 20.2 Å². The molecule has 0 amide bonds. The van der Waals surface area contributed by atoms with E-state index in [1.807, 2.05) is 24.5 Å². The number of rotatable bonds is 4. The lowest BCUT2D eigenvalue weighted by atomic mass is 9.84. The topological polar surface area (TPSA) is 47.9 Å². The standard InChI is InChI=1S/C44H34N4S/c1-26-23-40-42(33-14-7-9-18-37(33)47(40)29-11-4-3-5-12-29)44-41(26)34-16-10-15-32(43(34)49-44)31-21-19-27(45)24-39(31)48-36-17-8-6-13-30(36)35-25-28(46-2)20-22-38(35)48/h3-22,24-26,46H,23,45H2,1-2H3. The maximum Gasteiger partial charge on any atom is 0.0561 e. The summed E-state index contributed by atoms with van der Waals surface area (Å²) in [5, 5.41) is 8.45. The van der Waals surface area contributed by atoms with Crippen LogP contribution in [0.25, 0.3) is 75.7 Å². The van der Waals surface area contributed by atoms with E-state index >= 15 is 0 Å². The minimum atomic E-state index is 0.378. The molecule has 0 spiro atoms. The molecule has 1 atom stereocenters. The third kappa shape index (κ3) is 4.03. The maximum absolute atomic E-state index is 6.59. The molecule has 5 heteroatoms. The molecule has 0 radical (unpaired) electrons. The summed E-state index contributed by atoms with van der Waals surface area (Å²) in [4.78, 5) is 1.40. The smallest absolute Gasteiger partial charge is 0.0561 e. The van der Waals surface area contributed by atoms with Gasteiger partial charge in [0, 0.05) is 72.2 Å². The van der Waals surface area contributed by atoms with Gasteiger partial charge in [0.25, 0.3) is 0 Å². The van der Waals surface area contributed by atoms with Gasteiger partial charge in [0.05, 0.1) is 22.2 Å². The van der Waals surface area contributed by atoms with Crippen molar-refractivity contribution in [3.63, 3.8) is 0 Å². The average molecular weight is 651 g/mol. The zero-order valence-corrected chi connectivity index (χ0v) is 28.2. The number of nitrogens with zero attached hydrogens (tertiary/aromatic N) is 2. The molecule has 9 aromatic rings. The monoisotopic (exact) mass is 650 g/mol. The molecule has 3 aromatic heterocycles. The van der Waals surface area contributed by atoms with Crippen molar-refractivity contribution in [3.05, 3.63) is 145 Å². The maximum atomic E-state index is 6.59. The van der Waals surface area contributed by atoms with Crippen LogP contribution in [-0.4, -0.2) is 16.2 Å². The van der Waals surface area contributed by atoms with Crippen molar-refractivity contribution in [1.82, 2.24) is 9.13 Å². The number of aromatic nitrogens is 2. The fraction of sp³-hybridized carbons (Fsp3) is 0.0909. The molecular formula is C44H34N4S. The first-order valence-electron chi connectivity index (χ1n) is 17.0. The van der Waals surface area contributed by atoms with Crippen LogP contribution in [0.2, 0.25) is 0 Å². The number of benzene rings is 6. The quantitative estimate of drug-likeness (QED) is 0.186. The molecular weight excluding hydrogens is 617 g/mol. The second kappa shape index (κ2) is 10.6. The molecule has 3 N–H and O–H groups in total. The lowest BCUT2D eigenvalue weighted by Gasteiger charge is -2.22. The molecule has 10 rings (SSSR count).